The number of anilines is 1. The lowest BCUT2D eigenvalue weighted by Crippen LogP contribution is -2.40. The van der Waals surface area contributed by atoms with E-state index < -0.39 is 6.04 Å². The number of rotatable bonds is 6. The van der Waals surface area contributed by atoms with Crippen molar-refractivity contribution in [3.8, 4) is 0 Å². The molecule has 1 amide bonds. The van der Waals surface area contributed by atoms with Gasteiger partial charge in [-0.05, 0) is 55.8 Å². The number of nitrogens with one attached hydrogen (secondary N) is 1. The number of para-hydroxylation sites is 1. The van der Waals surface area contributed by atoms with E-state index in [0.29, 0.717) is 32.1 Å². The number of allylic oxidation sites excluding steroid dienone is 1. The van der Waals surface area contributed by atoms with E-state index in [4.69, 9.17) is 9.41 Å². The van der Waals surface area contributed by atoms with Crippen LogP contribution in [0.2, 0.25) is 0 Å². The summed E-state index contributed by atoms with van der Waals surface area (Å²) in [7, 11) is 0. The van der Waals surface area contributed by atoms with Crippen LogP contribution in [0.4, 0.5) is 5.69 Å². The van der Waals surface area contributed by atoms with Crippen LogP contribution in [-0.4, -0.2) is 10.5 Å². The third-order valence-electron chi connectivity index (χ3n) is 6.53. The number of thiazole rings is 1. The van der Waals surface area contributed by atoms with Gasteiger partial charge in [0.15, 0.2) is 9.89 Å². The topological polar surface area (TPSA) is 76.6 Å². The molecule has 3 heterocycles. The van der Waals surface area contributed by atoms with E-state index in [2.05, 4.69) is 36.5 Å². The van der Waals surface area contributed by atoms with E-state index in [0.717, 1.165) is 15.6 Å². The van der Waals surface area contributed by atoms with Gasteiger partial charge in [-0.2, -0.15) is 0 Å². The minimum Gasteiger partial charge on any atom is -0.450 e. The Bertz CT molecular complexity index is 1900. The number of fused-ring (bicyclic) bond motifs is 1. The summed E-state index contributed by atoms with van der Waals surface area (Å²) in [6, 6.07) is 30.2. The van der Waals surface area contributed by atoms with Crippen molar-refractivity contribution in [2.45, 2.75) is 29.9 Å². The highest BCUT2D eigenvalue weighted by molar-refractivity contribution is 7.99. The standard InChI is InChI=1S/C32H25N3O3S2/c1-20-13-16-25(17-14-20)39-27-18-15-24(38-27)19-26-31(37)35-29(22-9-5-3-6-10-22)28(21(2)33-32(35)40-26)30(36)34-23-11-7-4-8-12-23/h3-19,29H,1-2H3,(H,34,36)/b26-19-/t29-/m1/s1. The van der Waals surface area contributed by atoms with Gasteiger partial charge in [-0.1, -0.05) is 89.3 Å². The van der Waals surface area contributed by atoms with Crippen LogP contribution in [0.5, 0.6) is 0 Å². The third-order valence-corrected chi connectivity index (χ3v) is 8.44. The number of furan rings is 1. The summed E-state index contributed by atoms with van der Waals surface area (Å²) < 4.78 is 8.13. The minimum absolute atomic E-state index is 0.223. The third kappa shape index (κ3) is 5.23. The van der Waals surface area contributed by atoms with Crippen molar-refractivity contribution < 1.29 is 9.21 Å². The number of aryl methyl sites for hydroxylation is 1. The molecule has 0 fully saturated rings. The highest BCUT2D eigenvalue weighted by atomic mass is 32.2. The number of amides is 1. The zero-order valence-corrected chi connectivity index (χ0v) is 23.5. The van der Waals surface area contributed by atoms with Gasteiger partial charge in [-0.25, -0.2) is 4.99 Å². The SMILES string of the molecule is CC1=C(C(=O)Nc2ccccc2)[C@@H](c2ccccc2)n2c(s/c(=C\c3ccc(Sc4ccc(C)cc4)o3)c2=O)=N1. The first-order valence-corrected chi connectivity index (χ1v) is 14.4. The van der Waals surface area contributed by atoms with Crippen LogP contribution >= 0.6 is 23.1 Å². The second-order valence-electron chi connectivity index (χ2n) is 9.38. The van der Waals surface area contributed by atoms with Gasteiger partial charge in [0.25, 0.3) is 11.5 Å². The van der Waals surface area contributed by atoms with Crippen LogP contribution in [0.1, 0.15) is 29.9 Å². The molecule has 6 nitrogen and oxygen atoms in total. The largest absolute Gasteiger partial charge is 0.450 e. The van der Waals surface area contributed by atoms with Crippen LogP contribution in [-0.2, 0) is 4.79 Å². The maximum Gasteiger partial charge on any atom is 0.271 e. The van der Waals surface area contributed by atoms with Crippen LogP contribution < -0.4 is 20.2 Å². The smallest absolute Gasteiger partial charge is 0.271 e. The summed E-state index contributed by atoms with van der Waals surface area (Å²) in [5.74, 6) is 0.285. The van der Waals surface area contributed by atoms with E-state index >= 15 is 0 Å². The van der Waals surface area contributed by atoms with Crippen LogP contribution in [0.3, 0.4) is 0 Å². The molecule has 1 aliphatic rings. The van der Waals surface area contributed by atoms with Crippen LogP contribution in [0, 0.1) is 6.92 Å². The molecule has 6 rings (SSSR count). The number of hydrogen-bond donors (Lipinski definition) is 1. The second-order valence-corrected chi connectivity index (χ2v) is 11.5. The highest BCUT2D eigenvalue weighted by Gasteiger charge is 2.32. The van der Waals surface area contributed by atoms with Gasteiger partial charge in [-0.15, -0.1) is 0 Å². The van der Waals surface area contributed by atoms with Crippen molar-refractivity contribution in [3.05, 3.63) is 145 Å². The molecule has 198 valence electrons. The van der Waals surface area contributed by atoms with Crippen LogP contribution in [0.25, 0.3) is 6.08 Å². The predicted octanol–water partition coefficient (Wildman–Crippen LogP) is 5.93. The summed E-state index contributed by atoms with van der Waals surface area (Å²) in [5.41, 5.74) is 3.49. The van der Waals surface area contributed by atoms with E-state index in [9.17, 15) is 9.59 Å². The normalized spacial score (nSPS) is 15.1. The molecule has 0 saturated carbocycles. The first kappa shape index (κ1) is 25.9. The predicted molar refractivity (Wildman–Crippen MR) is 159 cm³/mol. The molecule has 0 radical (unpaired) electrons. The maximum absolute atomic E-state index is 13.8. The number of aromatic nitrogens is 1. The molecule has 8 heteroatoms. The lowest BCUT2D eigenvalue weighted by Gasteiger charge is -2.25. The zero-order valence-electron chi connectivity index (χ0n) is 21.8. The van der Waals surface area contributed by atoms with Crippen molar-refractivity contribution >= 4 is 40.8 Å². The Kier molecular flexibility index (Phi) is 7.11. The Morgan fingerprint density at radius 1 is 0.950 bits per heavy atom. The van der Waals surface area contributed by atoms with Crippen molar-refractivity contribution in [1.82, 2.24) is 4.57 Å². The van der Waals surface area contributed by atoms with Crippen molar-refractivity contribution in [3.63, 3.8) is 0 Å². The molecule has 0 aliphatic carbocycles. The Balaban J connectivity index is 1.39. The summed E-state index contributed by atoms with van der Waals surface area (Å²) in [5, 5.41) is 3.71. The van der Waals surface area contributed by atoms with Crippen molar-refractivity contribution in [1.29, 1.82) is 0 Å². The molecule has 3 aromatic carbocycles. The lowest BCUT2D eigenvalue weighted by molar-refractivity contribution is -0.113. The van der Waals surface area contributed by atoms with Gasteiger partial charge in [0.05, 0.1) is 21.8 Å². The molecule has 0 unspecified atom stereocenters. The summed E-state index contributed by atoms with van der Waals surface area (Å²) in [6.45, 7) is 3.87. The molecular formula is C32H25N3O3S2. The van der Waals surface area contributed by atoms with Gasteiger partial charge in [-0.3, -0.25) is 14.2 Å². The molecule has 1 aliphatic heterocycles. The van der Waals surface area contributed by atoms with E-state index in [1.54, 1.807) is 10.6 Å². The lowest BCUT2D eigenvalue weighted by atomic mass is 9.95. The molecule has 0 bridgehead atoms. The molecule has 2 aromatic heterocycles. The molecule has 40 heavy (non-hydrogen) atoms. The molecule has 0 saturated heterocycles. The van der Waals surface area contributed by atoms with Gasteiger partial charge in [0.1, 0.15) is 5.76 Å². The van der Waals surface area contributed by atoms with E-state index in [-0.39, 0.29) is 11.5 Å². The second kappa shape index (κ2) is 11.0. The van der Waals surface area contributed by atoms with Gasteiger partial charge in [0, 0.05) is 16.7 Å². The Hall–Kier alpha value is -4.40. The molecule has 0 spiro atoms. The fourth-order valence-electron chi connectivity index (χ4n) is 4.60. The molecule has 1 atom stereocenters. The Morgan fingerprint density at radius 3 is 2.38 bits per heavy atom. The van der Waals surface area contributed by atoms with E-state index in [1.807, 2.05) is 79.7 Å². The number of nitrogens with zero attached hydrogens (tertiary/aromatic N) is 2. The van der Waals surface area contributed by atoms with E-state index in [1.165, 1.54) is 28.7 Å². The number of hydrogen-bond acceptors (Lipinski definition) is 6. The summed E-state index contributed by atoms with van der Waals surface area (Å²) >= 11 is 2.81. The maximum atomic E-state index is 13.8. The van der Waals surface area contributed by atoms with Crippen LogP contribution in [0.15, 0.2) is 133 Å². The van der Waals surface area contributed by atoms with Crippen molar-refractivity contribution in [2.24, 2.45) is 4.99 Å². The number of carbonyl (C=O) groups excluding carboxylic acids is 1. The fourth-order valence-corrected chi connectivity index (χ4v) is 6.41. The fraction of sp³-hybridized carbons (Fsp3) is 0.0938. The summed E-state index contributed by atoms with van der Waals surface area (Å²) in [4.78, 5) is 33.7. The average molecular weight is 564 g/mol. The highest BCUT2D eigenvalue weighted by Crippen LogP contribution is 2.31. The molecule has 1 N–H and O–H groups in total. The first-order valence-electron chi connectivity index (χ1n) is 12.7. The Morgan fingerprint density at radius 2 is 1.65 bits per heavy atom. The first-order chi connectivity index (χ1) is 19.5. The monoisotopic (exact) mass is 563 g/mol. The van der Waals surface area contributed by atoms with Gasteiger partial charge < -0.3 is 9.73 Å². The quantitative estimate of drug-likeness (QED) is 0.278. The average Bonchev–Trinajstić information content (AvgIpc) is 3.53. The van der Waals surface area contributed by atoms with Crippen molar-refractivity contribution in [2.75, 3.05) is 5.32 Å². The van der Waals surface area contributed by atoms with Gasteiger partial charge >= 0.3 is 0 Å². The number of carbonyl (C=O) groups is 1. The zero-order chi connectivity index (χ0) is 27.6. The number of benzene rings is 3. The molecule has 5 aromatic rings. The Labute approximate surface area is 239 Å². The molecular weight excluding hydrogens is 539 g/mol. The van der Waals surface area contributed by atoms with Gasteiger partial charge in [0.2, 0.25) is 0 Å². The minimum atomic E-state index is -0.618. The summed E-state index contributed by atoms with van der Waals surface area (Å²) in [6.07, 6.45) is 1.74.